The van der Waals surface area contributed by atoms with Crippen LogP contribution in [0, 0.1) is 5.82 Å². The highest BCUT2D eigenvalue weighted by Crippen LogP contribution is 2.09. The number of hydrogen-bond acceptors (Lipinski definition) is 5. The van der Waals surface area contributed by atoms with E-state index in [1.165, 1.54) is 19.2 Å². The highest BCUT2D eigenvalue weighted by Gasteiger charge is 2.07. The van der Waals surface area contributed by atoms with E-state index < -0.39 is 5.97 Å². The molecule has 0 unspecified atom stereocenters. The van der Waals surface area contributed by atoms with Crippen LogP contribution < -0.4 is 5.32 Å². The number of esters is 1. The zero-order chi connectivity index (χ0) is 13.7. The molecule has 5 nitrogen and oxygen atoms in total. The molecule has 0 radical (unpaired) electrons. The third-order valence-electron chi connectivity index (χ3n) is 2.48. The van der Waals surface area contributed by atoms with E-state index in [2.05, 4.69) is 20.3 Å². The van der Waals surface area contributed by atoms with Crippen molar-refractivity contribution >= 4 is 11.8 Å². The lowest BCUT2D eigenvalue weighted by Crippen LogP contribution is -2.08. The standard InChI is InChI=1S/C13H12FN3O2/c1-19-13(18)11-6-7-12(17-16-11)15-8-9-4-2-3-5-10(9)14/h2-7H,8H2,1H3,(H,15,17). The summed E-state index contributed by atoms with van der Waals surface area (Å²) in [5.74, 6) is -0.377. The van der Waals surface area contributed by atoms with Gasteiger partial charge in [0.05, 0.1) is 7.11 Å². The summed E-state index contributed by atoms with van der Waals surface area (Å²) in [7, 11) is 1.27. The molecule has 1 aromatic carbocycles. The Hall–Kier alpha value is -2.50. The fourth-order valence-electron chi connectivity index (χ4n) is 1.47. The SMILES string of the molecule is COC(=O)c1ccc(NCc2ccccc2F)nn1. The summed E-state index contributed by atoms with van der Waals surface area (Å²) in [6.07, 6.45) is 0. The minimum atomic E-state index is -0.548. The molecule has 2 aromatic rings. The summed E-state index contributed by atoms with van der Waals surface area (Å²) in [6, 6.07) is 9.53. The number of anilines is 1. The van der Waals surface area contributed by atoms with Gasteiger partial charge in [-0.05, 0) is 18.2 Å². The fraction of sp³-hybridized carbons (Fsp3) is 0.154. The number of ether oxygens (including phenoxy) is 1. The van der Waals surface area contributed by atoms with Crippen molar-refractivity contribution in [2.45, 2.75) is 6.54 Å². The van der Waals surface area contributed by atoms with Gasteiger partial charge in [0.15, 0.2) is 5.69 Å². The van der Waals surface area contributed by atoms with E-state index in [4.69, 9.17) is 0 Å². The Kier molecular flexibility index (Phi) is 4.02. The predicted octanol–water partition coefficient (Wildman–Crippen LogP) is 2.01. The molecule has 0 amide bonds. The zero-order valence-corrected chi connectivity index (χ0v) is 10.3. The number of carbonyl (C=O) groups is 1. The molecule has 1 N–H and O–H groups in total. The number of methoxy groups -OCH3 is 1. The summed E-state index contributed by atoms with van der Waals surface area (Å²) in [4.78, 5) is 11.2. The minimum absolute atomic E-state index is 0.124. The second-order valence-electron chi connectivity index (χ2n) is 3.74. The quantitative estimate of drug-likeness (QED) is 0.853. The Morgan fingerprint density at radius 2 is 2.05 bits per heavy atom. The van der Waals surface area contributed by atoms with E-state index in [9.17, 15) is 9.18 Å². The zero-order valence-electron chi connectivity index (χ0n) is 10.3. The number of nitrogens with zero attached hydrogens (tertiary/aromatic N) is 2. The number of nitrogens with one attached hydrogen (secondary N) is 1. The summed E-state index contributed by atoms with van der Waals surface area (Å²) in [6.45, 7) is 0.291. The van der Waals surface area contributed by atoms with Gasteiger partial charge in [-0.15, -0.1) is 10.2 Å². The van der Waals surface area contributed by atoms with Crippen LogP contribution in [0.5, 0.6) is 0 Å². The Balaban J connectivity index is 2.01. The molecule has 1 heterocycles. The van der Waals surface area contributed by atoms with Crippen molar-refractivity contribution in [1.29, 1.82) is 0 Å². The molecular formula is C13H12FN3O2. The van der Waals surface area contributed by atoms with Crippen molar-refractivity contribution in [1.82, 2.24) is 10.2 Å². The summed E-state index contributed by atoms with van der Waals surface area (Å²) in [5, 5.41) is 10.4. The fourth-order valence-corrected chi connectivity index (χ4v) is 1.47. The van der Waals surface area contributed by atoms with Gasteiger partial charge in [0, 0.05) is 12.1 Å². The average Bonchev–Trinajstić information content (AvgIpc) is 2.46. The molecule has 1 aromatic heterocycles. The van der Waals surface area contributed by atoms with Gasteiger partial charge in [-0.25, -0.2) is 9.18 Å². The Bertz CT molecular complexity index is 572. The molecule has 0 fully saturated rings. The molecule has 98 valence electrons. The van der Waals surface area contributed by atoms with Crippen LogP contribution in [0.15, 0.2) is 36.4 Å². The molecule has 0 spiro atoms. The predicted molar refractivity (Wildman–Crippen MR) is 67.1 cm³/mol. The Morgan fingerprint density at radius 1 is 1.26 bits per heavy atom. The lowest BCUT2D eigenvalue weighted by Gasteiger charge is -2.06. The third-order valence-corrected chi connectivity index (χ3v) is 2.48. The molecule has 19 heavy (non-hydrogen) atoms. The van der Waals surface area contributed by atoms with Gasteiger partial charge >= 0.3 is 5.97 Å². The van der Waals surface area contributed by atoms with Crippen LogP contribution >= 0.6 is 0 Å². The van der Waals surface area contributed by atoms with Crippen molar-refractivity contribution < 1.29 is 13.9 Å². The lowest BCUT2D eigenvalue weighted by molar-refractivity contribution is 0.0593. The molecule has 0 saturated heterocycles. The molecule has 0 aliphatic carbocycles. The van der Waals surface area contributed by atoms with Gasteiger partial charge in [-0.1, -0.05) is 18.2 Å². The number of carbonyl (C=O) groups excluding carboxylic acids is 1. The normalized spacial score (nSPS) is 10.0. The van der Waals surface area contributed by atoms with Crippen molar-refractivity contribution in [3.8, 4) is 0 Å². The second-order valence-corrected chi connectivity index (χ2v) is 3.74. The van der Waals surface area contributed by atoms with E-state index in [1.807, 2.05) is 0 Å². The van der Waals surface area contributed by atoms with Crippen molar-refractivity contribution in [2.24, 2.45) is 0 Å². The Labute approximate surface area is 109 Å². The molecule has 0 saturated carbocycles. The maximum atomic E-state index is 13.4. The van der Waals surface area contributed by atoms with Gasteiger partial charge in [-0.2, -0.15) is 0 Å². The van der Waals surface area contributed by atoms with Gasteiger partial charge < -0.3 is 10.1 Å². The van der Waals surface area contributed by atoms with Gasteiger partial charge in [0.2, 0.25) is 0 Å². The van der Waals surface area contributed by atoms with E-state index in [1.54, 1.807) is 24.3 Å². The minimum Gasteiger partial charge on any atom is -0.464 e. The van der Waals surface area contributed by atoms with Crippen molar-refractivity contribution in [2.75, 3.05) is 12.4 Å². The first-order chi connectivity index (χ1) is 9.20. The van der Waals surface area contributed by atoms with E-state index in [0.29, 0.717) is 17.9 Å². The van der Waals surface area contributed by atoms with Crippen LogP contribution in [0.3, 0.4) is 0 Å². The number of aromatic nitrogens is 2. The average molecular weight is 261 g/mol. The van der Waals surface area contributed by atoms with Crippen LogP contribution in [-0.4, -0.2) is 23.3 Å². The van der Waals surface area contributed by atoms with Crippen LogP contribution in [0.2, 0.25) is 0 Å². The first-order valence-electron chi connectivity index (χ1n) is 5.60. The number of halogens is 1. The van der Waals surface area contributed by atoms with E-state index in [-0.39, 0.29) is 11.5 Å². The van der Waals surface area contributed by atoms with Crippen LogP contribution in [0.25, 0.3) is 0 Å². The van der Waals surface area contributed by atoms with Crippen molar-refractivity contribution in [3.05, 3.63) is 53.5 Å². The highest BCUT2D eigenvalue weighted by molar-refractivity contribution is 5.86. The Morgan fingerprint density at radius 3 is 2.68 bits per heavy atom. The van der Waals surface area contributed by atoms with E-state index >= 15 is 0 Å². The van der Waals surface area contributed by atoms with Crippen LogP contribution in [0.4, 0.5) is 10.2 Å². The van der Waals surface area contributed by atoms with Crippen molar-refractivity contribution in [3.63, 3.8) is 0 Å². The van der Waals surface area contributed by atoms with E-state index in [0.717, 1.165) is 0 Å². The summed E-state index contributed by atoms with van der Waals surface area (Å²) in [5.41, 5.74) is 0.653. The first-order valence-corrected chi connectivity index (χ1v) is 5.60. The third kappa shape index (κ3) is 3.25. The topological polar surface area (TPSA) is 64.1 Å². The lowest BCUT2D eigenvalue weighted by atomic mass is 10.2. The number of hydrogen-bond donors (Lipinski definition) is 1. The maximum absolute atomic E-state index is 13.4. The summed E-state index contributed by atoms with van der Waals surface area (Å²) < 4.78 is 17.9. The highest BCUT2D eigenvalue weighted by atomic mass is 19.1. The molecule has 0 bridgehead atoms. The monoisotopic (exact) mass is 261 g/mol. The largest absolute Gasteiger partial charge is 0.464 e. The smallest absolute Gasteiger partial charge is 0.358 e. The molecular weight excluding hydrogens is 249 g/mol. The molecule has 0 aliphatic heterocycles. The molecule has 2 rings (SSSR count). The second kappa shape index (κ2) is 5.90. The maximum Gasteiger partial charge on any atom is 0.358 e. The molecule has 0 atom stereocenters. The number of rotatable bonds is 4. The molecule has 0 aliphatic rings. The van der Waals surface area contributed by atoms with Gasteiger partial charge in [0.25, 0.3) is 0 Å². The number of benzene rings is 1. The first kappa shape index (κ1) is 12.9. The molecule has 6 heteroatoms. The van der Waals surface area contributed by atoms with Crippen LogP contribution in [-0.2, 0) is 11.3 Å². The van der Waals surface area contributed by atoms with Gasteiger partial charge in [0.1, 0.15) is 11.6 Å². The summed E-state index contributed by atoms with van der Waals surface area (Å²) >= 11 is 0. The van der Waals surface area contributed by atoms with Gasteiger partial charge in [-0.3, -0.25) is 0 Å². The van der Waals surface area contributed by atoms with Crippen LogP contribution in [0.1, 0.15) is 16.1 Å².